The van der Waals surface area contributed by atoms with Gasteiger partial charge in [0.15, 0.2) is 0 Å². The van der Waals surface area contributed by atoms with E-state index in [-0.39, 0.29) is 18.5 Å². The van der Waals surface area contributed by atoms with Crippen molar-refractivity contribution in [3.8, 4) is 0 Å². The fourth-order valence-electron chi connectivity index (χ4n) is 1.99. The van der Waals surface area contributed by atoms with E-state index in [9.17, 15) is 9.59 Å². The summed E-state index contributed by atoms with van der Waals surface area (Å²) in [4.78, 5) is 25.4. The number of hydrogen-bond donors (Lipinski definition) is 0. The zero-order chi connectivity index (χ0) is 16.3. The van der Waals surface area contributed by atoms with Crippen molar-refractivity contribution in [3.05, 3.63) is 11.8 Å². The van der Waals surface area contributed by atoms with E-state index in [4.69, 9.17) is 9.47 Å². The lowest BCUT2D eigenvalue weighted by atomic mass is 10.0. The molecule has 0 N–H and O–H groups in total. The van der Waals surface area contributed by atoms with Crippen molar-refractivity contribution in [2.24, 2.45) is 0 Å². The van der Waals surface area contributed by atoms with Gasteiger partial charge in [-0.25, -0.2) is 4.79 Å². The summed E-state index contributed by atoms with van der Waals surface area (Å²) in [6, 6.07) is 0. The minimum absolute atomic E-state index is 0.219. The van der Waals surface area contributed by atoms with Crippen molar-refractivity contribution < 1.29 is 19.1 Å². The second kappa shape index (κ2) is 6.50. The number of esters is 1. The molecule has 1 heterocycles. The van der Waals surface area contributed by atoms with Gasteiger partial charge in [-0.05, 0) is 60.0 Å². The Morgan fingerprint density at radius 2 is 1.67 bits per heavy atom. The van der Waals surface area contributed by atoms with Crippen molar-refractivity contribution in [1.82, 2.24) is 4.90 Å². The van der Waals surface area contributed by atoms with Gasteiger partial charge in [0.05, 0.1) is 6.42 Å². The topological polar surface area (TPSA) is 55.8 Å². The molecule has 5 heteroatoms. The van der Waals surface area contributed by atoms with Crippen LogP contribution in [0, 0.1) is 0 Å². The molecule has 0 aromatic heterocycles. The Kier molecular flexibility index (Phi) is 5.42. The molecule has 1 aliphatic heterocycles. The van der Waals surface area contributed by atoms with Crippen LogP contribution in [-0.4, -0.2) is 34.7 Å². The summed E-state index contributed by atoms with van der Waals surface area (Å²) < 4.78 is 10.6. The highest BCUT2D eigenvalue weighted by Crippen LogP contribution is 2.21. The van der Waals surface area contributed by atoms with Gasteiger partial charge in [0.25, 0.3) is 0 Å². The van der Waals surface area contributed by atoms with Gasteiger partial charge in [0, 0.05) is 12.7 Å². The third kappa shape index (κ3) is 7.16. The molecule has 0 unspecified atom stereocenters. The molecule has 5 nitrogen and oxygen atoms in total. The molecule has 120 valence electrons. The quantitative estimate of drug-likeness (QED) is 0.730. The van der Waals surface area contributed by atoms with E-state index in [0.717, 1.165) is 18.4 Å². The van der Waals surface area contributed by atoms with Gasteiger partial charge in [0.1, 0.15) is 11.2 Å². The molecule has 1 rings (SSSR count). The number of amides is 1. The third-order valence-corrected chi connectivity index (χ3v) is 2.65. The van der Waals surface area contributed by atoms with Crippen molar-refractivity contribution >= 4 is 12.1 Å². The van der Waals surface area contributed by atoms with E-state index in [1.807, 2.05) is 41.5 Å². The van der Waals surface area contributed by atoms with E-state index in [1.165, 1.54) is 4.90 Å². The summed E-state index contributed by atoms with van der Waals surface area (Å²) in [5.74, 6) is -0.264. The maximum atomic E-state index is 12.0. The summed E-state index contributed by atoms with van der Waals surface area (Å²) in [7, 11) is 0. The van der Waals surface area contributed by atoms with Crippen LogP contribution < -0.4 is 0 Å². The standard InChI is InChI=1S/C16H27NO4/c1-15(2,3)20-13(18)10-12-8-7-9-17(11-12)14(19)21-16(4,5)6/h11H,7-10H2,1-6H3. The molecule has 0 aliphatic carbocycles. The fraction of sp³-hybridized carbons (Fsp3) is 0.750. The molecule has 0 fully saturated rings. The Bertz CT molecular complexity index is 427. The Labute approximate surface area is 127 Å². The van der Waals surface area contributed by atoms with Gasteiger partial charge >= 0.3 is 12.1 Å². The van der Waals surface area contributed by atoms with Crippen LogP contribution in [0.25, 0.3) is 0 Å². The average Bonchev–Trinajstić information content (AvgIpc) is 2.24. The summed E-state index contributed by atoms with van der Waals surface area (Å²) in [6.07, 6.45) is 3.20. The van der Waals surface area contributed by atoms with Gasteiger partial charge in [0.2, 0.25) is 0 Å². The number of carbonyl (C=O) groups is 2. The van der Waals surface area contributed by atoms with Crippen molar-refractivity contribution in [2.75, 3.05) is 6.54 Å². The molecular weight excluding hydrogens is 270 g/mol. The lowest BCUT2D eigenvalue weighted by Gasteiger charge is -2.28. The Hall–Kier alpha value is -1.52. The highest BCUT2D eigenvalue weighted by molar-refractivity contribution is 5.74. The van der Waals surface area contributed by atoms with Crippen LogP contribution in [0.3, 0.4) is 0 Å². The van der Waals surface area contributed by atoms with E-state index in [0.29, 0.717) is 6.54 Å². The molecule has 0 aromatic carbocycles. The molecule has 0 saturated heterocycles. The predicted octanol–water partition coefficient (Wildman–Crippen LogP) is 3.63. The molecule has 1 amide bonds. The Morgan fingerprint density at radius 1 is 1.10 bits per heavy atom. The maximum Gasteiger partial charge on any atom is 0.414 e. The lowest BCUT2D eigenvalue weighted by molar-refractivity contribution is -0.154. The SMILES string of the molecule is CC(C)(C)OC(=O)CC1=CN(C(=O)OC(C)(C)C)CCC1. The second-order valence-electron chi connectivity index (χ2n) is 7.33. The van der Waals surface area contributed by atoms with Gasteiger partial charge in [-0.2, -0.15) is 0 Å². The third-order valence-electron chi connectivity index (χ3n) is 2.65. The van der Waals surface area contributed by atoms with Gasteiger partial charge in [-0.3, -0.25) is 9.69 Å². The largest absolute Gasteiger partial charge is 0.460 e. The molecule has 0 aromatic rings. The zero-order valence-corrected chi connectivity index (χ0v) is 14.0. The van der Waals surface area contributed by atoms with Crippen molar-refractivity contribution in [1.29, 1.82) is 0 Å². The molecule has 1 aliphatic rings. The average molecular weight is 297 g/mol. The van der Waals surface area contributed by atoms with Crippen LogP contribution >= 0.6 is 0 Å². The van der Waals surface area contributed by atoms with Crippen LogP contribution in [0.4, 0.5) is 4.79 Å². The van der Waals surface area contributed by atoms with Gasteiger partial charge in [-0.15, -0.1) is 0 Å². The minimum Gasteiger partial charge on any atom is -0.460 e. The summed E-state index contributed by atoms with van der Waals surface area (Å²) in [6.45, 7) is 11.6. The highest BCUT2D eigenvalue weighted by Gasteiger charge is 2.24. The predicted molar refractivity (Wildman–Crippen MR) is 80.7 cm³/mol. The highest BCUT2D eigenvalue weighted by atomic mass is 16.6. The number of ether oxygens (including phenoxy) is 2. The molecule has 0 saturated carbocycles. The van der Waals surface area contributed by atoms with Crippen molar-refractivity contribution in [2.45, 2.75) is 72.0 Å². The van der Waals surface area contributed by atoms with Gasteiger partial charge < -0.3 is 9.47 Å². The molecule has 0 bridgehead atoms. The monoisotopic (exact) mass is 297 g/mol. The fourth-order valence-corrected chi connectivity index (χ4v) is 1.99. The van der Waals surface area contributed by atoms with E-state index in [2.05, 4.69) is 0 Å². The first-order chi connectivity index (χ1) is 9.46. The number of carbonyl (C=O) groups excluding carboxylic acids is 2. The first-order valence-corrected chi connectivity index (χ1v) is 7.37. The summed E-state index contributed by atoms with van der Waals surface area (Å²) in [5, 5.41) is 0. The van der Waals surface area contributed by atoms with Crippen LogP contribution in [0.15, 0.2) is 11.8 Å². The first kappa shape index (κ1) is 17.5. The number of rotatable bonds is 2. The minimum atomic E-state index is -0.520. The van der Waals surface area contributed by atoms with Crippen LogP contribution in [0.2, 0.25) is 0 Å². The summed E-state index contributed by atoms with van der Waals surface area (Å²) >= 11 is 0. The lowest BCUT2D eigenvalue weighted by Crippen LogP contribution is -2.36. The van der Waals surface area contributed by atoms with Crippen LogP contribution in [0.5, 0.6) is 0 Å². The van der Waals surface area contributed by atoms with E-state index in [1.54, 1.807) is 6.20 Å². The Balaban J connectivity index is 2.63. The van der Waals surface area contributed by atoms with E-state index >= 15 is 0 Å². The summed E-state index contributed by atoms with van der Waals surface area (Å²) in [5.41, 5.74) is -0.105. The molecule has 0 radical (unpaired) electrons. The van der Waals surface area contributed by atoms with E-state index < -0.39 is 11.2 Å². The number of nitrogens with zero attached hydrogens (tertiary/aromatic N) is 1. The number of hydrogen-bond acceptors (Lipinski definition) is 4. The maximum absolute atomic E-state index is 12.0. The zero-order valence-electron chi connectivity index (χ0n) is 14.0. The normalized spacial score (nSPS) is 16.3. The van der Waals surface area contributed by atoms with Crippen molar-refractivity contribution in [3.63, 3.8) is 0 Å². The Morgan fingerprint density at radius 3 is 2.19 bits per heavy atom. The van der Waals surface area contributed by atoms with Gasteiger partial charge in [-0.1, -0.05) is 0 Å². The molecule has 0 spiro atoms. The first-order valence-electron chi connectivity index (χ1n) is 7.37. The molecule has 0 atom stereocenters. The second-order valence-corrected chi connectivity index (χ2v) is 7.33. The molecular formula is C16H27NO4. The molecule has 21 heavy (non-hydrogen) atoms. The van der Waals surface area contributed by atoms with Crippen LogP contribution in [-0.2, 0) is 14.3 Å². The van der Waals surface area contributed by atoms with Crippen LogP contribution in [0.1, 0.15) is 60.8 Å². The smallest absolute Gasteiger partial charge is 0.414 e.